The van der Waals surface area contributed by atoms with Crippen molar-refractivity contribution < 1.29 is 9.84 Å². The Morgan fingerprint density at radius 2 is 2.20 bits per heavy atom. The molecule has 0 bridgehead atoms. The van der Waals surface area contributed by atoms with Gasteiger partial charge in [-0.05, 0) is 29.5 Å². The molecule has 2 aromatic rings. The lowest BCUT2D eigenvalue weighted by Crippen LogP contribution is -2.33. The van der Waals surface area contributed by atoms with E-state index in [9.17, 15) is 5.11 Å². The molecule has 0 amide bonds. The van der Waals surface area contributed by atoms with Crippen LogP contribution in [-0.2, 0) is 13.0 Å². The SMILES string of the molecule is COc1ccccc1C(O)CN1CCc2sccc2C1. The normalized spacial score (nSPS) is 16.7. The Balaban J connectivity index is 1.69. The molecule has 1 atom stereocenters. The maximum absolute atomic E-state index is 10.5. The smallest absolute Gasteiger partial charge is 0.124 e. The van der Waals surface area contributed by atoms with Gasteiger partial charge in [0.2, 0.25) is 0 Å². The van der Waals surface area contributed by atoms with Gasteiger partial charge in [-0.3, -0.25) is 4.90 Å². The first kappa shape index (κ1) is 13.6. The first-order valence-electron chi connectivity index (χ1n) is 6.86. The fourth-order valence-electron chi connectivity index (χ4n) is 2.75. The Labute approximate surface area is 123 Å². The Bertz CT molecular complexity index is 581. The Kier molecular flexibility index (Phi) is 4.05. The predicted octanol–water partition coefficient (Wildman–Crippen LogP) is 2.85. The number of benzene rings is 1. The number of fused-ring (bicyclic) bond motifs is 1. The molecule has 0 saturated heterocycles. The van der Waals surface area contributed by atoms with Gasteiger partial charge in [-0.1, -0.05) is 18.2 Å². The van der Waals surface area contributed by atoms with E-state index < -0.39 is 6.10 Å². The van der Waals surface area contributed by atoms with Gasteiger partial charge in [0.05, 0.1) is 13.2 Å². The number of hydrogen-bond donors (Lipinski definition) is 1. The van der Waals surface area contributed by atoms with Crippen LogP contribution in [0.15, 0.2) is 35.7 Å². The quantitative estimate of drug-likeness (QED) is 0.939. The molecule has 0 radical (unpaired) electrons. The summed E-state index contributed by atoms with van der Waals surface area (Å²) in [5.74, 6) is 0.758. The molecular formula is C16H19NO2S. The molecule has 0 aliphatic carbocycles. The molecule has 3 nitrogen and oxygen atoms in total. The van der Waals surface area contributed by atoms with Crippen LogP contribution < -0.4 is 4.74 Å². The number of para-hydroxylation sites is 1. The van der Waals surface area contributed by atoms with Crippen LogP contribution >= 0.6 is 11.3 Å². The topological polar surface area (TPSA) is 32.7 Å². The number of methoxy groups -OCH3 is 1. The summed E-state index contributed by atoms with van der Waals surface area (Å²) in [6, 6.07) is 9.89. The van der Waals surface area contributed by atoms with E-state index in [1.54, 1.807) is 7.11 Å². The number of ether oxygens (including phenoxy) is 1. The lowest BCUT2D eigenvalue weighted by atomic mass is 10.1. The van der Waals surface area contributed by atoms with Gasteiger partial charge in [-0.2, -0.15) is 0 Å². The molecule has 1 N–H and O–H groups in total. The van der Waals surface area contributed by atoms with Gasteiger partial charge in [0, 0.05) is 30.1 Å². The number of nitrogens with zero attached hydrogens (tertiary/aromatic N) is 1. The average Bonchev–Trinajstić information content (AvgIpc) is 2.94. The van der Waals surface area contributed by atoms with Crippen LogP contribution in [0.2, 0.25) is 0 Å². The van der Waals surface area contributed by atoms with Crippen molar-refractivity contribution in [1.29, 1.82) is 0 Å². The van der Waals surface area contributed by atoms with Crippen LogP contribution in [0, 0.1) is 0 Å². The van der Waals surface area contributed by atoms with Crippen LogP contribution in [0.5, 0.6) is 5.75 Å². The fraction of sp³-hybridized carbons (Fsp3) is 0.375. The van der Waals surface area contributed by atoms with Crippen LogP contribution in [0.1, 0.15) is 22.1 Å². The van der Waals surface area contributed by atoms with Crippen LogP contribution in [0.3, 0.4) is 0 Å². The molecule has 20 heavy (non-hydrogen) atoms. The Morgan fingerprint density at radius 3 is 3.05 bits per heavy atom. The van der Waals surface area contributed by atoms with Crippen molar-refractivity contribution in [2.45, 2.75) is 19.1 Å². The van der Waals surface area contributed by atoms with Gasteiger partial charge in [0.1, 0.15) is 5.75 Å². The molecule has 4 heteroatoms. The minimum atomic E-state index is -0.508. The van der Waals surface area contributed by atoms with Gasteiger partial charge in [0.15, 0.2) is 0 Å². The zero-order valence-electron chi connectivity index (χ0n) is 11.6. The molecule has 0 fully saturated rings. The highest BCUT2D eigenvalue weighted by Crippen LogP contribution is 2.28. The number of β-amino-alcohol motifs (C(OH)–C–C–N with tert-alkyl or cyclic N) is 1. The van der Waals surface area contributed by atoms with Crippen molar-refractivity contribution in [1.82, 2.24) is 4.90 Å². The number of aliphatic hydroxyl groups is 1. The van der Waals surface area contributed by atoms with Crippen molar-refractivity contribution in [2.24, 2.45) is 0 Å². The summed E-state index contributed by atoms with van der Waals surface area (Å²) in [6.45, 7) is 2.60. The molecule has 1 aliphatic heterocycles. The highest BCUT2D eigenvalue weighted by molar-refractivity contribution is 7.10. The molecule has 0 saturated carbocycles. The molecule has 3 rings (SSSR count). The summed E-state index contributed by atoms with van der Waals surface area (Å²) < 4.78 is 5.32. The summed E-state index contributed by atoms with van der Waals surface area (Å²) in [5.41, 5.74) is 2.28. The number of rotatable bonds is 4. The van der Waals surface area contributed by atoms with E-state index in [-0.39, 0.29) is 0 Å². The molecule has 1 unspecified atom stereocenters. The number of hydrogen-bond acceptors (Lipinski definition) is 4. The number of thiophene rings is 1. The predicted molar refractivity (Wildman–Crippen MR) is 81.3 cm³/mol. The highest BCUT2D eigenvalue weighted by Gasteiger charge is 2.21. The van der Waals surface area contributed by atoms with Crippen LogP contribution in [-0.4, -0.2) is 30.2 Å². The first-order valence-corrected chi connectivity index (χ1v) is 7.74. The lowest BCUT2D eigenvalue weighted by Gasteiger charge is -2.29. The van der Waals surface area contributed by atoms with Gasteiger partial charge >= 0.3 is 0 Å². The summed E-state index contributed by atoms with van der Waals surface area (Å²) in [5, 5.41) is 12.6. The summed E-state index contributed by atoms with van der Waals surface area (Å²) in [4.78, 5) is 3.81. The third-order valence-corrected chi connectivity index (χ3v) is 4.84. The standard InChI is InChI=1S/C16H19NO2S/c1-19-15-5-3-2-4-13(15)14(18)11-17-8-6-16-12(10-17)7-9-20-16/h2-5,7,9,14,18H,6,8,10-11H2,1H3. The second-order valence-electron chi connectivity index (χ2n) is 5.11. The number of aliphatic hydroxyl groups excluding tert-OH is 1. The Morgan fingerprint density at radius 1 is 1.35 bits per heavy atom. The summed E-state index contributed by atoms with van der Waals surface area (Å²) in [6.07, 6.45) is 0.581. The van der Waals surface area contributed by atoms with E-state index >= 15 is 0 Å². The zero-order valence-corrected chi connectivity index (χ0v) is 12.4. The van der Waals surface area contributed by atoms with Gasteiger partial charge < -0.3 is 9.84 Å². The summed E-state index contributed by atoms with van der Waals surface area (Å²) in [7, 11) is 1.64. The second-order valence-corrected chi connectivity index (χ2v) is 6.11. The van der Waals surface area contributed by atoms with Crippen LogP contribution in [0.25, 0.3) is 0 Å². The van der Waals surface area contributed by atoms with Crippen molar-refractivity contribution in [3.63, 3.8) is 0 Å². The molecule has 1 aliphatic rings. The maximum atomic E-state index is 10.5. The van der Waals surface area contributed by atoms with E-state index in [4.69, 9.17) is 4.74 Å². The second kappa shape index (κ2) is 5.95. The first-order chi connectivity index (χ1) is 9.78. The monoisotopic (exact) mass is 289 g/mol. The van der Waals surface area contributed by atoms with Gasteiger partial charge in [0.25, 0.3) is 0 Å². The minimum Gasteiger partial charge on any atom is -0.496 e. The van der Waals surface area contributed by atoms with Crippen LogP contribution in [0.4, 0.5) is 0 Å². The molecule has 2 heterocycles. The highest BCUT2D eigenvalue weighted by atomic mass is 32.1. The van der Waals surface area contributed by atoms with E-state index in [1.807, 2.05) is 35.6 Å². The Hall–Kier alpha value is -1.36. The molecule has 0 spiro atoms. The molecule has 106 valence electrons. The average molecular weight is 289 g/mol. The van der Waals surface area contributed by atoms with E-state index in [2.05, 4.69) is 16.3 Å². The van der Waals surface area contributed by atoms with E-state index in [0.29, 0.717) is 6.54 Å². The van der Waals surface area contributed by atoms with E-state index in [0.717, 1.165) is 30.8 Å². The molecule has 1 aromatic heterocycles. The summed E-state index contributed by atoms with van der Waals surface area (Å²) >= 11 is 1.84. The third kappa shape index (κ3) is 2.73. The largest absolute Gasteiger partial charge is 0.496 e. The fourth-order valence-corrected chi connectivity index (χ4v) is 3.64. The van der Waals surface area contributed by atoms with Crippen molar-refractivity contribution in [2.75, 3.05) is 20.2 Å². The van der Waals surface area contributed by atoms with Crippen molar-refractivity contribution in [3.8, 4) is 5.75 Å². The maximum Gasteiger partial charge on any atom is 0.124 e. The van der Waals surface area contributed by atoms with Gasteiger partial charge in [-0.15, -0.1) is 11.3 Å². The lowest BCUT2D eigenvalue weighted by molar-refractivity contribution is 0.104. The van der Waals surface area contributed by atoms with Crippen molar-refractivity contribution >= 4 is 11.3 Å². The molecular weight excluding hydrogens is 270 g/mol. The molecule has 1 aromatic carbocycles. The minimum absolute atomic E-state index is 0.508. The zero-order chi connectivity index (χ0) is 13.9. The van der Waals surface area contributed by atoms with E-state index in [1.165, 1.54) is 10.4 Å². The third-order valence-electron chi connectivity index (χ3n) is 3.82. The van der Waals surface area contributed by atoms with Gasteiger partial charge in [-0.25, -0.2) is 0 Å². The van der Waals surface area contributed by atoms with Crippen molar-refractivity contribution in [3.05, 3.63) is 51.7 Å².